The molecule has 1 saturated heterocycles. The maximum atomic E-state index is 12.9. The van der Waals surface area contributed by atoms with Crippen LogP contribution in [-0.4, -0.2) is 51.4 Å². The molecular weight excluding hydrogens is 360 g/mol. The van der Waals surface area contributed by atoms with Crippen LogP contribution in [-0.2, 0) is 9.59 Å². The minimum Gasteiger partial charge on any atom is -0.393 e. The number of aliphatic hydroxyl groups is 1. The number of hydrogen-bond acceptors (Lipinski definition) is 5. The average molecular weight is 388 g/mol. The van der Waals surface area contributed by atoms with E-state index in [2.05, 4.69) is 17.2 Å². The number of piperidine rings is 1. The Hall–Kier alpha value is -2.48. The molecule has 0 spiro atoms. The summed E-state index contributed by atoms with van der Waals surface area (Å²) in [5.41, 5.74) is 5.65. The Kier molecular flexibility index (Phi) is 6.28. The zero-order valence-electron chi connectivity index (χ0n) is 16.1. The number of aromatic nitrogens is 1. The van der Waals surface area contributed by atoms with Crippen molar-refractivity contribution in [2.75, 3.05) is 11.9 Å². The van der Waals surface area contributed by atoms with Gasteiger partial charge in [-0.2, -0.15) is 0 Å². The number of hydrogen-bond donors (Lipinski definition) is 3. The van der Waals surface area contributed by atoms with E-state index in [4.69, 9.17) is 5.73 Å². The van der Waals surface area contributed by atoms with Gasteiger partial charge in [0.1, 0.15) is 0 Å². The van der Waals surface area contributed by atoms with E-state index in [1.54, 1.807) is 4.90 Å². The number of anilines is 1. The van der Waals surface area contributed by atoms with E-state index in [1.165, 1.54) is 18.5 Å². The average Bonchev–Trinajstić information content (AvgIpc) is 2.68. The number of nitrogens with zero attached hydrogens (tertiary/aromatic N) is 2. The molecule has 0 bridgehead atoms. The summed E-state index contributed by atoms with van der Waals surface area (Å²) in [5.74, 6) is -1.31. The molecule has 1 aromatic rings. The third-order valence-corrected chi connectivity index (χ3v) is 5.89. The lowest BCUT2D eigenvalue weighted by Crippen LogP contribution is -2.53. The predicted octanol–water partition coefficient (Wildman–Crippen LogP) is 1.30. The van der Waals surface area contributed by atoms with Crippen molar-refractivity contribution >= 4 is 23.4 Å². The van der Waals surface area contributed by atoms with Gasteiger partial charge < -0.3 is 21.1 Å². The summed E-state index contributed by atoms with van der Waals surface area (Å²) in [6, 6.07) is 1.43. The molecule has 1 aliphatic heterocycles. The number of carbonyl (C=O) groups is 3. The van der Waals surface area contributed by atoms with Gasteiger partial charge in [-0.15, -0.1) is 0 Å². The fourth-order valence-corrected chi connectivity index (χ4v) is 4.34. The van der Waals surface area contributed by atoms with Crippen molar-refractivity contribution in [3.8, 4) is 0 Å². The molecule has 3 amide bonds. The van der Waals surface area contributed by atoms with Gasteiger partial charge in [0.15, 0.2) is 0 Å². The molecule has 0 radical (unpaired) electrons. The fraction of sp³-hybridized carbons (Fsp3) is 0.600. The van der Waals surface area contributed by atoms with Crippen LogP contribution in [0.1, 0.15) is 55.8 Å². The molecule has 28 heavy (non-hydrogen) atoms. The molecule has 0 unspecified atom stereocenters. The van der Waals surface area contributed by atoms with Crippen LogP contribution in [0.15, 0.2) is 18.5 Å². The fourth-order valence-electron chi connectivity index (χ4n) is 4.34. The normalized spacial score (nSPS) is 27.9. The van der Waals surface area contributed by atoms with Crippen LogP contribution in [0.3, 0.4) is 0 Å². The minimum absolute atomic E-state index is 0.0250. The van der Waals surface area contributed by atoms with Gasteiger partial charge in [-0.25, -0.2) is 0 Å². The lowest BCUT2D eigenvalue weighted by molar-refractivity contribution is -0.148. The van der Waals surface area contributed by atoms with Crippen molar-refractivity contribution in [2.45, 2.75) is 57.6 Å². The number of rotatable bonds is 3. The second kappa shape index (κ2) is 8.68. The second-order valence-corrected chi connectivity index (χ2v) is 8.06. The summed E-state index contributed by atoms with van der Waals surface area (Å²) in [6.45, 7) is 2.63. The highest BCUT2D eigenvalue weighted by Crippen LogP contribution is 2.35. The number of aliphatic hydroxyl groups excluding tert-OH is 1. The highest BCUT2D eigenvalue weighted by Gasteiger charge is 2.38. The number of nitrogens with two attached hydrogens (primary N) is 1. The molecule has 2 aliphatic rings. The standard InChI is InChI=1S/C20H28N4O4/c1-12-2-7-17(13-3-5-16(25)6-4-13)24(11-12)20(28)19(27)23-15-8-14(18(21)26)9-22-10-15/h8-10,12-13,16-17,25H,2-7,11H2,1H3,(H2,21,26)(H,23,27)/t12-,13-,16+,17+/m1/s1. The first-order chi connectivity index (χ1) is 13.3. The third-order valence-electron chi connectivity index (χ3n) is 5.89. The van der Waals surface area contributed by atoms with E-state index in [9.17, 15) is 19.5 Å². The van der Waals surface area contributed by atoms with Crippen LogP contribution in [0.4, 0.5) is 5.69 Å². The van der Waals surface area contributed by atoms with Crippen LogP contribution in [0, 0.1) is 11.8 Å². The third kappa shape index (κ3) is 4.67. The minimum atomic E-state index is -0.738. The number of pyridine rings is 1. The molecule has 152 valence electrons. The molecule has 0 aromatic carbocycles. The van der Waals surface area contributed by atoms with Crippen molar-refractivity contribution in [2.24, 2.45) is 17.6 Å². The first-order valence-electron chi connectivity index (χ1n) is 9.90. The highest BCUT2D eigenvalue weighted by atomic mass is 16.3. The lowest BCUT2D eigenvalue weighted by Gasteiger charge is -2.44. The number of amides is 3. The SMILES string of the molecule is C[C@@H]1CC[C@@H]([C@H]2CC[C@@H](O)CC2)N(C(=O)C(=O)Nc2cncc(C(N)=O)c2)C1. The summed E-state index contributed by atoms with van der Waals surface area (Å²) in [7, 11) is 0. The van der Waals surface area contributed by atoms with Gasteiger partial charge in [0.2, 0.25) is 5.91 Å². The lowest BCUT2D eigenvalue weighted by atomic mass is 9.77. The Morgan fingerprint density at radius 2 is 1.86 bits per heavy atom. The van der Waals surface area contributed by atoms with Crippen molar-refractivity contribution in [1.29, 1.82) is 0 Å². The topological polar surface area (TPSA) is 126 Å². The Labute approximate surface area is 164 Å². The molecule has 1 aromatic heterocycles. The molecule has 1 saturated carbocycles. The number of nitrogens with one attached hydrogen (secondary N) is 1. The van der Waals surface area contributed by atoms with Crippen LogP contribution >= 0.6 is 0 Å². The van der Waals surface area contributed by atoms with Crippen LogP contribution in [0.25, 0.3) is 0 Å². The van der Waals surface area contributed by atoms with Gasteiger partial charge in [-0.05, 0) is 56.4 Å². The van der Waals surface area contributed by atoms with Gasteiger partial charge in [0.05, 0.1) is 23.6 Å². The van der Waals surface area contributed by atoms with E-state index in [0.29, 0.717) is 18.4 Å². The Bertz CT molecular complexity index is 745. The molecule has 8 heteroatoms. The molecular formula is C20H28N4O4. The smallest absolute Gasteiger partial charge is 0.313 e. The van der Waals surface area contributed by atoms with E-state index in [-0.39, 0.29) is 23.4 Å². The summed E-state index contributed by atoms with van der Waals surface area (Å²) < 4.78 is 0. The maximum Gasteiger partial charge on any atom is 0.313 e. The monoisotopic (exact) mass is 388 g/mol. The van der Waals surface area contributed by atoms with Crippen molar-refractivity contribution in [3.05, 3.63) is 24.0 Å². The summed E-state index contributed by atoms with van der Waals surface area (Å²) in [6.07, 6.45) is 7.56. The zero-order chi connectivity index (χ0) is 20.3. The van der Waals surface area contributed by atoms with Gasteiger partial charge >= 0.3 is 11.8 Å². The molecule has 2 atom stereocenters. The molecule has 2 fully saturated rings. The summed E-state index contributed by atoms with van der Waals surface area (Å²) in [5, 5.41) is 12.3. The van der Waals surface area contributed by atoms with Crippen LogP contribution in [0.2, 0.25) is 0 Å². The molecule has 3 rings (SSSR count). The molecule has 8 nitrogen and oxygen atoms in total. The first-order valence-corrected chi connectivity index (χ1v) is 9.90. The zero-order valence-corrected chi connectivity index (χ0v) is 16.1. The van der Waals surface area contributed by atoms with E-state index >= 15 is 0 Å². The predicted molar refractivity (Wildman–Crippen MR) is 103 cm³/mol. The van der Waals surface area contributed by atoms with E-state index in [0.717, 1.165) is 38.5 Å². The number of likely N-dealkylation sites (tertiary alicyclic amines) is 1. The van der Waals surface area contributed by atoms with Crippen LogP contribution < -0.4 is 11.1 Å². The Morgan fingerprint density at radius 3 is 2.54 bits per heavy atom. The number of carbonyl (C=O) groups excluding carboxylic acids is 3. The Balaban J connectivity index is 1.71. The molecule has 4 N–H and O–H groups in total. The van der Waals surface area contributed by atoms with Gasteiger partial charge in [0, 0.05) is 18.8 Å². The quantitative estimate of drug-likeness (QED) is 0.673. The Morgan fingerprint density at radius 1 is 1.14 bits per heavy atom. The largest absolute Gasteiger partial charge is 0.393 e. The first kappa shape index (κ1) is 20.3. The summed E-state index contributed by atoms with van der Waals surface area (Å²) in [4.78, 5) is 42.4. The van der Waals surface area contributed by atoms with Gasteiger partial charge in [-0.1, -0.05) is 6.92 Å². The van der Waals surface area contributed by atoms with Crippen molar-refractivity contribution < 1.29 is 19.5 Å². The van der Waals surface area contributed by atoms with Crippen molar-refractivity contribution in [1.82, 2.24) is 9.88 Å². The van der Waals surface area contributed by atoms with E-state index < -0.39 is 17.7 Å². The number of primary amides is 1. The maximum absolute atomic E-state index is 12.9. The van der Waals surface area contributed by atoms with Crippen LogP contribution in [0.5, 0.6) is 0 Å². The molecule has 2 heterocycles. The van der Waals surface area contributed by atoms with Gasteiger partial charge in [0.25, 0.3) is 0 Å². The van der Waals surface area contributed by atoms with Gasteiger partial charge in [-0.3, -0.25) is 19.4 Å². The highest BCUT2D eigenvalue weighted by molar-refractivity contribution is 6.39. The molecule has 1 aliphatic carbocycles. The van der Waals surface area contributed by atoms with E-state index in [1.807, 2.05) is 0 Å². The summed E-state index contributed by atoms with van der Waals surface area (Å²) >= 11 is 0. The van der Waals surface area contributed by atoms with Crippen molar-refractivity contribution in [3.63, 3.8) is 0 Å². The second-order valence-electron chi connectivity index (χ2n) is 8.06.